The summed E-state index contributed by atoms with van der Waals surface area (Å²) < 4.78 is 10.7. The molecule has 0 bridgehead atoms. The SMILES string of the molecule is CCCNC(CCC(C)OC)c1ncccc1OC. The van der Waals surface area contributed by atoms with Gasteiger partial charge in [0.2, 0.25) is 0 Å². The highest BCUT2D eigenvalue weighted by atomic mass is 16.5. The number of rotatable bonds is 9. The Bertz CT molecular complexity index is 358. The van der Waals surface area contributed by atoms with Crippen molar-refractivity contribution in [3.63, 3.8) is 0 Å². The molecular weight excluding hydrogens is 240 g/mol. The van der Waals surface area contributed by atoms with E-state index in [0.29, 0.717) is 0 Å². The van der Waals surface area contributed by atoms with Gasteiger partial charge in [0.1, 0.15) is 5.75 Å². The molecule has 0 aliphatic carbocycles. The van der Waals surface area contributed by atoms with E-state index in [1.54, 1.807) is 14.2 Å². The molecule has 0 spiro atoms. The van der Waals surface area contributed by atoms with E-state index in [2.05, 4.69) is 24.1 Å². The first-order chi connectivity index (χ1) is 9.22. The number of hydrogen-bond acceptors (Lipinski definition) is 4. The van der Waals surface area contributed by atoms with Gasteiger partial charge in [-0.3, -0.25) is 4.98 Å². The summed E-state index contributed by atoms with van der Waals surface area (Å²) in [4.78, 5) is 4.48. The lowest BCUT2D eigenvalue weighted by Gasteiger charge is -2.21. The molecule has 1 rings (SSSR count). The van der Waals surface area contributed by atoms with Gasteiger partial charge in [-0.1, -0.05) is 6.92 Å². The first-order valence-electron chi connectivity index (χ1n) is 6.98. The summed E-state index contributed by atoms with van der Waals surface area (Å²) >= 11 is 0. The molecule has 0 saturated heterocycles. The van der Waals surface area contributed by atoms with E-state index in [1.807, 2.05) is 18.3 Å². The molecule has 0 aliphatic rings. The average Bonchev–Trinajstić information content (AvgIpc) is 2.47. The summed E-state index contributed by atoms with van der Waals surface area (Å²) in [7, 11) is 3.44. The largest absolute Gasteiger partial charge is 0.495 e. The van der Waals surface area contributed by atoms with Crippen molar-refractivity contribution in [1.82, 2.24) is 10.3 Å². The molecule has 0 saturated carbocycles. The highest BCUT2D eigenvalue weighted by Gasteiger charge is 2.17. The quantitative estimate of drug-likeness (QED) is 0.746. The lowest BCUT2D eigenvalue weighted by Crippen LogP contribution is -2.24. The Kier molecular flexibility index (Phi) is 7.45. The fourth-order valence-corrected chi connectivity index (χ4v) is 2.01. The van der Waals surface area contributed by atoms with Gasteiger partial charge < -0.3 is 14.8 Å². The molecule has 108 valence electrons. The van der Waals surface area contributed by atoms with Crippen molar-refractivity contribution in [2.75, 3.05) is 20.8 Å². The number of methoxy groups -OCH3 is 2. The molecule has 1 heterocycles. The number of ether oxygens (including phenoxy) is 2. The van der Waals surface area contributed by atoms with Crippen LogP contribution in [-0.2, 0) is 4.74 Å². The lowest BCUT2D eigenvalue weighted by atomic mass is 10.0. The number of aromatic nitrogens is 1. The minimum absolute atomic E-state index is 0.216. The van der Waals surface area contributed by atoms with Crippen LogP contribution in [-0.4, -0.2) is 31.9 Å². The van der Waals surface area contributed by atoms with Crippen molar-refractivity contribution in [2.24, 2.45) is 0 Å². The molecular formula is C15H26N2O2. The Morgan fingerprint density at radius 3 is 2.74 bits per heavy atom. The summed E-state index contributed by atoms with van der Waals surface area (Å²) in [6, 6.07) is 4.08. The molecule has 2 atom stereocenters. The van der Waals surface area contributed by atoms with E-state index < -0.39 is 0 Å². The normalized spacial score (nSPS) is 14.1. The Morgan fingerprint density at radius 2 is 2.11 bits per heavy atom. The number of nitrogens with one attached hydrogen (secondary N) is 1. The second-order valence-electron chi connectivity index (χ2n) is 4.72. The van der Waals surface area contributed by atoms with Gasteiger partial charge in [-0.05, 0) is 44.9 Å². The van der Waals surface area contributed by atoms with Crippen LogP contribution in [0.3, 0.4) is 0 Å². The van der Waals surface area contributed by atoms with Crippen LogP contribution in [0.5, 0.6) is 5.75 Å². The Morgan fingerprint density at radius 1 is 1.32 bits per heavy atom. The Hall–Kier alpha value is -1.13. The molecule has 0 amide bonds. The van der Waals surface area contributed by atoms with Gasteiger partial charge >= 0.3 is 0 Å². The van der Waals surface area contributed by atoms with E-state index in [4.69, 9.17) is 9.47 Å². The van der Waals surface area contributed by atoms with Crippen LogP contribution in [0.4, 0.5) is 0 Å². The number of hydrogen-bond donors (Lipinski definition) is 1. The Balaban J connectivity index is 2.76. The van der Waals surface area contributed by atoms with Gasteiger partial charge in [0.15, 0.2) is 0 Å². The average molecular weight is 266 g/mol. The zero-order valence-electron chi connectivity index (χ0n) is 12.5. The summed E-state index contributed by atoms with van der Waals surface area (Å²) in [6.45, 7) is 5.23. The van der Waals surface area contributed by atoms with Crippen LogP contribution < -0.4 is 10.1 Å². The van der Waals surface area contributed by atoms with E-state index >= 15 is 0 Å². The van der Waals surface area contributed by atoms with Crippen LogP contribution in [0.15, 0.2) is 18.3 Å². The van der Waals surface area contributed by atoms with Crippen molar-refractivity contribution < 1.29 is 9.47 Å². The van der Waals surface area contributed by atoms with Gasteiger partial charge in [0, 0.05) is 13.3 Å². The summed E-state index contributed by atoms with van der Waals surface area (Å²) in [5.41, 5.74) is 0.988. The van der Waals surface area contributed by atoms with Gasteiger partial charge in [-0.15, -0.1) is 0 Å². The summed E-state index contributed by atoms with van der Waals surface area (Å²) in [6.07, 6.45) is 5.17. The van der Waals surface area contributed by atoms with Crippen LogP contribution in [0.2, 0.25) is 0 Å². The molecule has 1 aromatic rings. The van der Waals surface area contributed by atoms with E-state index in [0.717, 1.165) is 37.3 Å². The second kappa shape index (κ2) is 8.88. The third-order valence-corrected chi connectivity index (χ3v) is 3.25. The highest BCUT2D eigenvalue weighted by molar-refractivity contribution is 5.29. The summed E-state index contributed by atoms with van der Waals surface area (Å²) in [5, 5.41) is 3.54. The van der Waals surface area contributed by atoms with Crippen LogP contribution in [0.25, 0.3) is 0 Å². The molecule has 1 aromatic heterocycles. The smallest absolute Gasteiger partial charge is 0.141 e. The maximum Gasteiger partial charge on any atom is 0.141 e. The topological polar surface area (TPSA) is 43.4 Å². The molecule has 4 heteroatoms. The van der Waals surface area contributed by atoms with Crippen LogP contribution >= 0.6 is 0 Å². The zero-order valence-corrected chi connectivity index (χ0v) is 12.5. The minimum Gasteiger partial charge on any atom is -0.495 e. The first-order valence-corrected chi connectivity index (χ1v) is 6.98. The summed E-state index contributed by atoms with van der Waals surface area (Å²) in [5.74, 6) is 0.848. The van der Waals surface area contributed by atoms with Gasteiger partial charge in [0.25, 0.3) is 0 Å². The maximum absolute atomic E-state index is 5.41. The van der Waals surface area contributed by atoms with Crippen molar-refractivity contribution in [3.05, 3.63) is 24.0 Å². The fraction of sp³-hybridized carbons (Fsp3) is 0.667. The molecule has 0 fully saturated rings. The number of nitrogens with zero attached hydrogens (tertiary/aromatic N) is 1. The minimum atomic E-state index is 0.216. The van der Waals surface area contributed by atoms with Gasteiger partial charge in [-0.2, -0.15) is 0 Å². The number of pyridine rings is 1. The van der Waals surface area contributed by atoms with E-state index in [-0.39, 0.29) is 12.1 Å². The molecule has 0 aliphatic heterocycles. The molecule has 0 aromatic carbocycles. The van der Waals surface area contributed by atoms with Crippen LogP contribution in [0, 0.1) is 0 Å². The fourth-order valence-electron chi connectivity index (χ4n) is 2.01. The van der Waals surface area contributed by atoms with E-state index in [1.165, 1.54) is 0 Å². The monoisotopic (exact) mass is 266 g/mol. The lowest BCUT2D eigenvalue weighted by molar-refractivity contribution is 0.106. The first kappa shape index (κ1) is 15.9. The standard InChI is InChI=1S/C15H26N2O2/c1-5-10-16-13(9-8-12(2)18-3)15-14(19-4)7-6-11-17-15/h6-7,11-13,16H,5,8-10H2,1-4H3. The third-order valence-electron chi connectivity index (χ3n) is 3.25. The molecule has 0 radical (unpaired) electrons. The predicted molar refractivity (Wildman–Crippen MR) is 77.5 cm³/mol. The van der Waals surface area contributed by atoms with Crippen molar-refractivity contribution in [2.45, 2.75) is 45.3 Å². The second-order valence-corrected chi connectivity index (χ2v) is 4.72. The Labute approximate surface area is 116 Å². The highest BCUT2D eigenvalue weighted by Crippen LogP contribution is 2.26. The molecule has 2 unspecified atom stereocenters. The predicted octanol–water partition coefficient (Wildman–Crippen LogP) is 2.95. The molecule has 19 heavy (non-hydrogen) atoms. The maximum atomic E-state index is 5.41. The molecule has 4 nitrogen and oxygen atoms in total. The third kappa shape index (κ3) is 5.17. The van der Waals surface area contributed by atoms with Crippen molar-refractivity contribution >= 4 is 0 Å². The zero-order chi connectivity index (χ0) is 14.1. The molecule has 1 N–H and O–H groups in total. The van der Waals surface area contributed by atoms with E-state index in [9.17, 15) is 0 Å². The van der Waals surface area contributed by atoms with Crippen molar-refractivity contribution in [1.29, 1.82) is 0 Å². The van der Waals surface area contributed by atoms with Crippen LogP contribution in [0.1, 0.15) is 44.8 Å². The van der Waals surface area contributed by atoms with Gasteiger partial charge in [-0.25, -0.2) is 0 Å². The van der Waals surface area contributed by atoms with Gasteiger partial charge in [0.05, 0.1) is 24.9 Å². The van der Waals surface area contributed by atoms with Crippen molar-refractivity contribution in [3.8, 4) is 5.75 Å².